The van der Waals surface area contributed by atoms with Gasteiger partial charge in [0.25, 0.3) is 11.8 Å². The first-order chi connectivity index (χ1) is 17.5. The van der Waals surface area contributed by atoms with Crippen LogP contribution in [0.3, 0.4) is 0 Å². The molecular weight excluding hydrogens is 452 g/mol. The summed E-state index contributed by atoms with van der Waals surface area (Å²) in [5, 5.41) is 5.95. The summed E-state index contributed by atoms with van der Waals surface area (Å²) in [6.45, 7) is 5.27. The Balaban J connectivity index is 1.45. The van der Waals surface area contributed by atoms with Crippen LogP contribution >= 0.6 is 0 Å². The van der Waals surface area contributed by atoms with Gasteiger partial charge in [0.2, 0.25) is 5.43 Å². The van der Waals surface area contributed by atoms with Gasteiger partial charge in [0.1, 0.15) is 11.1 Å². The molecule has 0 spiro atoms. The lowest BCUT2D eigenvalue weighted by atomic mass is 9.95. The van der Waals surface area contributed by atoms with Gasteiger partial charge in [0.05, 0.1) is 0 Å². The summed E-state index contributed by atoms with van der Waals surface area (Å²) < 4.78 is 1.95. The number of benzene rings is 1. The summed E-state index contributed by atoms with van der Waals surface area (Å²) in [7, 11) is 0. The number of likely N-dealkylation sites (tertiary alicyclic amines) is 1. The van der Waals surface area contributed by atoms with E-state index in [9.17, 15) is 14.4 Å². The van der Waals surface area contributed by atoms with Crippen LogP contribution in [0, 0.1) is 0 Å². The molecule has 1 saturated carbocycles. The highest BCUT2D eigenvalue weighted by Crippen LogP contribution is 2.28. The number of nitrogens with zero attached hydrogens (tertiary/aromatic N) is 2. The number of aromatic nitrogens is 1. The van der Waals surface area contributed by atoms with Gasteiger partial charge in [-0.05, 0) is 37.7 Å². The second kappa shape index (κ2) is 12.9. The molecule has 0 unspecified atom stereocenters. The highest BCUT2D eigenvalue weighted by atomic mass is 16.2. The fourth-order valence-corrected chi connectivity index (χ4v) is 5.33. The lowest BCUT2D eigenvalue weighted by Crippen LogP contribution is -2.45. The summed E-state index contributed by atoms with van der Waals surface area (Å²) in [6.07, 6.45) is 12.3. The van der Waals surface area contributed by atoms with Crippen molar-refractivity contribution in [1.82, 2.24) is 20.1 Å². The van der Waals surface area contributed by atoms with Gasteiger partial charge in [-0.2, -0.15) is 0 Å². The Labute approximate surface area is 214 Å². The first-order valence-electron chi connectivity index (χ1n) is 13.7. The molecule has 0 bridgehead atoms. The molecular formula is C29H40N4O3. The molecule has 194 valence electrons. The summed E-state index contributed by atoms with van der Waals surface area (Å²) in [6, 6.07) is 10.6. The highest BCUT2D eigenvalue weighted by Gasteiger charge is 2.26. The van der Waals surface area contributed by atoms with Crippen molar-refractivity contribution in [3.05, 3.63) is 69.6 Å². The third kappa shape index (κ3) is 6.84. The number of hydrogen-bond acceptors (Lipinski definition) is 4. The van der Waals surface area contributed by atoms with E-state index in [2.05, 4.69) is 46.7 Å². The van der Waals surface area contributed by atoms with Crippen LogP contribution in [0.1, 0.15) is 97.0 Å². The third-order valence-electron chi connectivity index (χ3n) is 7.52. The highest BCUT2D eigenvalue weighted by molar-refractivity contribution is 5.99. The number of rotatable bonds is 9. The topological polar surface area (TPSA) is 83.4 Å². The zero-order valence-corrected chi connectivity index (χ0v) is 21.5. The van der Waals surface area contributed by atoms with Gasteiger partial charge in [-0.1, -0.05) is 62.9 Å². The summed E-state index contributed by atoms with van der Waals surface area (Å²) >= 11 is 0. The van der Waals surface area contributed by atoms with E-state index in [4.69, 9.17) is 0 Å². The van der Waals surface area contributed by atoms with E-state index in [0.717, 1.165) is 71.0 Å². The first-order valence-corrected chi connectivity index (χ1v) is 13.7. The quantitative estimate of drug-likeness (QED) is 0.512. The van der Waals surface area contributed by atoms with Crippen molar-refractivity contribution in [3.8, 4) is 0 Å². The molecule has 1 aromatic heterocycles. The number of carbonyl (C=O) groups is 2. The molecule has 7 nitrogen and oxygen atoms in total. The minimum atomic E-state index is -0.477. The van der Waals surface area contributed by atoms with Crippen LogP contribution in [0.15, 0.2) is 47.5 Å². The molecule has 2 aliphatic rings. The van der Waals surface area contributed by atoms with Gasteiger partial charge >= 0.3 is 0 Å². The Kier molecular flexibility index (Phi) is 9.34. The fraction of sp³-hybridized carbons (Fsp3) is 0.552. The average molecular weight is 493 g/mol. The molecule has 1 saturated heterocycles. The van der Waals surface area contributed by atoms with Crippen molar-refractivity contribution in [2.24, 2.45) is 0 Å². The monoisotopic (exact) mass is 492 g/mol. The van der Waals surface area contributed by atoms with E-state index in [0.29, 0.717) is 6.54 Å². The lowest BCUT2D eigenvalue weighted by molar-refractivity contribution is 0.0906. The number of amides is 2. The summed E-state index contributed by atoms with van der Waals surface area (Å²) in [5.74, 6) is -0.754. The van der Waals surface area contributed by atoms with Gasteiger partial charge < -0.3 is 15.2 Å². The van der Waals surface area contributed by atoms with Crippen molar-refractivity contribution in [1.29, 1.82) is 0 Å². The predicted molar refractivity (Wildman–Crippen MR) is 142 cm³/mol. The van der Waals surface area contributed by atoms with Crippen LogP contribution in [0.2, 0.25) is 0 Å². The molecule has 1 aliphatic heterocycles. The molecule has 2 fully saturated rings. The Bertz CT molecular complexity index is 1070. The molecule has 4 rings (SSSR count). The fourth-order valence-electron chi connectivity index (χ4n) is 5.33. The molecule has 2 N–H and O–H groups in total. The van der Waals surface area contributed by atoms with E-state index in [1.54, 1.807) is 12.4 Å². The molecule has 7 heteroatoms. The normalized spacial score (nSPS) is 17.6. The maximum absolute atomic E-state index is 13.3. The second-order valence-corrected chi connectivity index (χ2v) is 10.3. The van der Waals surface area contributed by atoms with Crippen LogP contribution in [-0.2, 0) is 6.54 Å². The van der Waals surface area contributed by atoms with Crippen molar-refractivity contribution < 1.29 is 9.59 Å². The van der Waals surface area contributed by atoms with Gasteiger partial charge in [0.15, 0.2) is 0 Å². The number of piperidine rings is 1. The average Bonchev–Trinajstić information content (AvgIpc) is 2.91. The molecule has 2 amide bonds. The minimum Gasteiger partial charge on any atom is -0.352 e. The van der Waals surface area contributed by atoms with Crippen LogP contribution < -0.4 is 16.1 Å². The van der Waals surface area contributed by atoms with Gasteiger partial charge in [-0.3, -0.25) is 19.3 Å². The second-order valence-electron chi connectivity index (χ2n) is 10.3. The number of nitrogens with one attached hydrogen (secondary N) is 2. The van der Waals surface area contributed by atoms with Crippen molar-refractivity contribution in [3.63, 3.8) is 0 Å². The van der Waals surface area contributed by atoms with Gasteiger partial charge in [-0.15, -0.1) is 0 Å². The zero-order chi connectivity index (χ0) is 25.3. The number of pyridine rings is 1. The first kappa shape index (κ1) is 26.1. The van der Waals surface area contributed by atoms with Crippen LogP contribution in [0.5, 0.6) is 0 Å². The van der Waals surface area contributed by atoms with Crippen LogP contribution in [0.25, 0.3) is 0 Å². The number of hydrogen-bond donors (Lipinski definition) is 2. The molecule has 1 aromatic carbocycles. The molecule has 0 atom stereocenters. The van der Waals surface area contributed by atoms with E-state index in [1.165, 1.54) is 12.0 Å². The van der Waals surface area contributed by atoms with Gasteiger partial charge in [-0.25, -0.2) is 0 Å². The van der Waals surface area contributed by atoms with Crippen LogP contribution in [0.4, 0.5) is 0 Å². The van der Waals surface area contributed by atoms with E-state index >= 15 is 0 Å². The predicted octanol–water partition coefficient (Wildman–Crippen LogP) is 4.28. The van der Waals surface area contributed by atoms with Gasteiger partial charge in [0, 0.05) is 50.7 Å². The number of unbranched alkanes of at least 4 members (excludes halogenated alkanes) is 1. The van der Waals surface area contributed by atoms with Crippen molar-refractivity contribution in [2.75, 3.05) is 19.6 Å². The molecule has 36 heavy (non-hydrogen) atoms. The largest absolute Gasteiger partial charge is 0.352 e. The lowest BCUT2D eigenvalue weighted by Gasteiger charge is -2.32. The zero-order valence-electron chi connectivity index (χ0n) is 21.5. The smallest absolute Gasteiger partial charge is 0.256 e. The molecule has 0 radical (unpaired) electrons. The maximum Gasteiger partial charge on any atom is 0.256 e. The minimum absolute atomic E-state index is 0.0223. The third-order valence-corrected chi connectivity index (χ3v) is 7.52. The Hall–Kier alpha value is -2.93. The number of carbonyl (C=O) groups excluding carboxylic acids is 2. The summed E-state index contributed by atoms with van der Waals surface area (Å²) in [5.41, 5.74) is 0.963. The Morgan fingerprint density at radius 2 is 1.58 bits per heavy atom. The van der Waals surface area contributed by atoms with Crippen molar-refractivity contribution in [2.45, 2.75) is 83.3 Å². The Morgan fingerprint density at radius 1 is 0.917 bits per heavy atom. The van der Waals surface area contributed by atoms with E-state index in [1.807, 2.05) is 10.6 Å². The molecule has 2 heterocycles. The Morgan fingerprint density at radius 3 is 2.25 bits per heavy atom. The van der Waals surface area contributed by atoms with Crippen molar-refractivity contribution >= 4 is 11.8 Å². The SMILES string of the molecule is CCCCNC(=O)c1cn(C2CCCCC2)cc(C(=O)NC2CCN(Cc3ccccc3)CC2)c1=O. The molecule has 2 aromatic rings. The van der Waals surface area contributed by atoms with E-state index in [-0.39, 0.29) is 35.0 Å². The van der Waals surface area contributed by atoms with Crippen LogP contribution in [-0.4, -0.2) is 47.0 Å². The standard InChI is InChI=1S/C29H40N4O3/c1-2-3-16-30-28(35)25-20-33(24-12-8-5-9-13-24)21-26(27(25)34)29(36)31-23-14-17-32(18-15-23)19-22-10-6-4-7-11-22/h4,6-7,10-11,20-21,23-24H,2-3,5,8-9,12-19H2,1H3,(H,30,35)(H,31,36). The molecule has 1 aliphatic carbocycles. The van der Waals surface area contributed by atoms with E-state index < -0.39 is 5.43 Å². The maximum atomic E-state index is 13.3. The summed E-state index contributed by atoms with van der Waals surface area (Å²) in [4.78, 5) is 41.8.